The van der Waals surface area contributed by atoms with Gasteiger partial charge in [0.25, 0.3) is 5.91 Å². The predicted octanol–water partition coefficient (Wildman–Crippen LogP) is 1.86. The number of aromatic nitrogens is 1. The molecule has 1 saturated carbocycles. The molecule has 5 heteroatoms. The second-order valence-corrected chi connectivity index (χ2v) is 5.86. The van der Waals surface area contributed by atoms with E-state index in [4.69, 9.17) is 4.74 Å². The molecule has 1 saturated heterocycles. The van der Waals surface area contributed by atoms with Crippen LogP contribution in [0.5, 0.6) is 5.88 Å². The van der Waals surface area contributed by atoms with Crippen molar-refractivity contribution in [3.63, 3.8) is 0 Å². The van der Waals surface area contributed by atoms with Gasteiger partial charge in [-0.25, -0.2) is 4.98 Å². The van der Waals surface area contributed by atoms with E-state index in [0.717, 1.165) is 30.8 Å². The second kappa shape index (κ2) is 5.18. The average Bonchev–Trinajstić information content (AvgIpc) is 3.04. The smallest absolute Gasteiger partial charge is 0.256 e. The molecule has 0 bridgehead atoms. The van der Waals surface area contributed by atoms with Crippen LogP contribution in [-0.2, 0) is 0 Å². The van der Waals surface area contributed by atoms with Gasteiger partial charge in [-0.15, -0.1) is 0 Å². The summed E-state index contributed by atoms with van der Waals surface area (Å²) in [4.78, 5) is 16.3. The summed E-state index contributed by atoms with van der Waals surface area (Å²) in [5, 5.41) is 2.97. The standard InChI is InChI=1S/C13H16N2O2S/c16-12(15-9-3-4-9)11-2-1-6-14-13(11)17-10-5-7-18-8-10/h1-2,6,9-10H,3-5,7-8H2,(H,15,16)/t10-/m1/s1. The van der Waals surface area contributed by atoms with E-state index < -0.39 is 0 Å². The molecule has 2 aliphatic rings. The van der Waals surface area contributed by atoms with Crippen molar-refractivity contribution >= 4 is 17.7 Å². The summed E-state index contributed by atoms with van der Waals surface area (Å²) in [5.74, 6) is 2.52. The number of carbonyl (C=O) groups excluding carboxylic acids is 1. The number of hydrogen-bond donors (Lipinski definition) is 1. The van der Waals surface area contributed by atoms with Gasteiger partial charge in [0.2, 0.25) is 5.88 Å². The molecule has 1 aromatic heterocycles. The predicted molar refractivity (Wildman–Crippen MR) is 71.1 cm³/mol. The van der Waals surface area contributed by atoms with Crippen LogP contribution >= 0.6 is 11.8 Å². The quantitative estimate of drug-likeness (QED) is 0.902. The number of carbonyl (C=O) groups is 1. The maximum atomic E-state index is 12.1. The highest BCUT2D eigenvalue weighted by atomic mass is 32.2. The van der Waals surface area contributed by atoms with Crippen molar-refractivity contribution in [2.75, 3.05) is 11.5 Å². The van der Waals surface area contributed by atoms with Gasteiger partial charge in [-0.3, -0.25) is 4.79 Å². The van der Waals surface area contributed by atoms with E-state index in [2.05, 4.69) is 10.3 Å². The molecular weight excluding hydrogens is 248 g/mol. The van der Waals surface area contributed by atoms with Crippen molar-refractivity contribution in [2.45, 2.75) is 31.4 Å². The van der Waals surface area contributed by atoms with Gasteiger partial charge < -0.3 is 10.1 Å². The zero-order valence-electron chi connectivity index (χ0n) is 10.1. The molecule has 0 radical (unpaired) electrons. The lowest BCUT2D eigenvalue weighted by atomic mass is 10.2. The zero-order chi connectivity index (χ0) is 12.4. The van der Waals surface area contributed by atoms with E-state index in [0.29, 0.717) is 17.5 Å². The average molecular weight is 264 g/mol. The Kier molecular flexibility index (Phi) is 3.41. The Bertz CT molecular complexity index is 442. The molecule has 1 aliphatic heterocycles. The third kappa shape index (κ3) is 2.77. The number of amides is 1. The van der Waals surface area contributed by atoms with Crippen LogP contribution in [0.2, 0.25) is 0 Å². The Hall–Kier alpha value is -1.23. The second-order valence-electron chi connectivity index (χ2n) is 4.71. The fraction of sp³-hybridized carbons (Fsp3) is 0.538. The molecular formula is C13H16N2O2S. The van der Waals surface area contributed by atoms with Crippen molar-refractivity contribution in [3.8, 4) is 5.88 Å². The summed E-state index contributed by atoms with van der Waals surface area (Å²) in [5.41, 5.74) is 0.557. The van der Waals surface area contributed by atoms with Crippen LogP contribution in [0.3, 0.4) is 0 Å². The van der Waals surface area contributed by atoms with Crippen molar-refractivity contribution in [2.24, 2.45) is 0 Å². The first-order chi connectivity index (χ1) is 8.83. The maximum Gasteiger partial charge on any atom is 0.256 e. The third-order valence-electron chi connectivity index (χ3n) is 3.09. The Morgan fingerprint density at radius 2 is 2.33 bits per heavy atom. The molecule has 0 aromatic carbocycles. The van der Waals surface area contributed by atoms with Gasteiger partial charge in [0, 0.05) is 18.0 Å². The molecule has 1 amide bonds. The molecule has 3 rings (SSSR count). The molecule has 0 unspecified atom stereocenters. The van der Waals surface area contributed by atoms with Gasteiger partial charge in [-0.1, -0.05) is 0 Å². The Labute approximate surface area is 111 Å². The van der Waals surface area contributed by atoms with Gasteiger partial charge in [-0.05, 0) is 37.1 Å². The lowest BCUT2D eigenvalue weighted by Crippen LogP contribution is -2.27. The number of pyridine rings is 1. The highest BCUT2D eigenvalue weighted by molar-refractivity contribution is 7.99. The zero-order valence-corrected chi connectivity index (χ0v) is 10.9. The number of ether oxygens (including phenoxy) is 1. The van der Waals surface area contributed by atoms with Crippen LogP contribution in [0.25, 0.3) is 0 Å². The highest BCUT2D eigenvalue weighted by Gasteiger charge is 2.26. The molecule has 1 atom stereocenters. The van der Waals surface area contributed by atoms with E-state index in [1.54, 1.807) is 18.3 Å². The molecule has 18 heavy (non-hydrogen) atoms. The summed E-state index contributed by atoms with van der Waals surface area (Å²) in [7, 11) is 0. The fourth-order valence-corrected chi connectivity index (χ4v) is 3.01. The van der Waals surface area contributed by atoms with Crippen molar-refractivity contribution in [3.05, 3.63) is 23.9 Å². The Balaban J connectivity index is 1.73. The third-order valence-corrected chi connectivity index (χ3v) is 4.23. The molecule has 2 fully saturated rings. The number of rotatable bonds is 4. The van der Waals surface area contributed by atoms with Gasteiger partial charge in [0.15, 0.2) is 0 Å². The number of thioether (sulfide) groups is 1. The van der Waals surface area contributed by atoms with Crippen LogP contribution in [0.1, 0.15) is 29.6 Å². The van der Waals surface area contributed by atoms with Crippen LogP contribution in [-0.4, -0.2) is 34.5 Å². The van der Waals surface area contributed by atoms with Gasteiger partial charge in [0.1, 0.15) is 11.7 Å². The molecule has 2 heterocycles. The first-order valence-electron chi connectivity index (χ1n) is 6.33. The lowest BCUT2D eigenvalue weighted by molar-refractivity contribution is 0.0943. The van der Waals surface area contributed by atoms with E-state index in [1.807, 2.05) is 11.8 Å². The molecule has 0 spiro atoms. The molecule has 1 N–H and O–H groups in total. The summed E-state index contributed by atoms with van der Waals surface area (Å²) in [6.07, 6.45) is 5.07. The lowest BCUT2D eigenvalue weighted by Gasteiger charge is -2.14. The van der Waals surface area contributed by atoms with Crippen LogP contribution in [0.4, 0.5) is 0 Å². The van der Waals surface area contributed by atoms with Gasteiger partial charge in [-0.2, -0.15) is 11.8 Å². The fourth-order valence-electron chi connectivity index (χ4n) is 1.91. The summed E-state index contributed by atoms with van der Waals surface area (Å²) >= 11 is 1.88. The number of nitrogens with one attached hydrogen (secondary N) is 1. The van der Waals surface area contributed by atoms with Crippen molar-refractivity contribution in [1.29, 1.82) is 0 Å². The monoisotopic (exact) mass is 264 g/mol. The minimum atomic E-state index is -0.0637. The molecule has 1 aliphatic carbocycles. The van der Waals surface area contributed by atoms with Gasteiger partial charge in [0.05, 0.1) is 0 Å². The first kappa shape index (κ1) is 11.8. The summed E-state index contributed by atoms with van der Waals surface area (Å²) < 4.78 is 5.84. The Morgan fingerprint density at radius 3 is 3.06 bits per heavy atom. The van der Waals surface area contributed by atoms with Crippen LogP contribution in [0, 0.1) is 0 Å². The van der Waals surface area contributed by atoms with E-state index >= 15 is 0 Å². The molecule has 96 valence electrons. The first-order valence-corrected chi connectivity index (χ1v) is 7.48. The number of hydrogen-bond acceptors (Lipinski definition) is 4. The minimum absolute atomic E-state index is 0.0637. The normalized spacial score (nSPS) is 22.8. The van der Waals surface area contributed by atoms with E-state index in [1.165, 1.54) is 0 Å². The molecule has 1 aromatic rings. The van der Waals surface area contributed by atoms with E-state index in [-0.39, 0.29) is 12.0 Å². The molecule has 4 nitrogen and oxygen atoms in total. The van der Waals surface area contributed by atoms with Crippen LogP contribution in [0.15, 0.2) is 18.3 Å². The SMILES string of the molecule is O=C(NC1CC1)c1cccnc1O[C@@H]1CCSC1. The van der Waals surface area contributed by atoms with Gasteiger partial charge >= 0.3 is 0 Å². The number of nitrogens with zero attached hydrogens (tertiary/aromatic N) is 1. The summed E-state index contributed by atoms with van der Waals surface area (Å²) in [6.45, 7) is 0. The van der Waals surface area contributed by atoms with Crippen LogP contribution < -0.4 is 10.1 Å². The van der Waals surface area contributed by atoms with Crippen molar-refractivity contribution < 1.29 is 9.53 Å². The van der Waals surface area contributed by atoms with E-state index in [9.17, 15) is 4.79 Å². The Morgan fingerprint density at radius 1 is 1.44 bits per heavy atom. The highest BCUT2D eigenvalue weighted by Crippen LogP contribution is 2.25. The summed E-state index contributed by atoms with van der Waals surface area (Å²) in [6, 6.07) is 3.91. The minimum Gasteiger partial charge on any atom is -0.473 e. The van der Waals surface area contributed by atoms with Crippen molar-refractivity contribution in [1.82, 2.24) is 10.3 Å². The topological polar surface area (TPSA) is 51.2 Å². The largest absolute Gasteiger partial charge is 0.473 e. The maximum absolute atomic E-state index is 12.1.